The van der Waals surface area contributed by atoms with Crippen LogP contribution in [0.2, 0.25) is 0 Å². The highest BCUT2D eigenvalue weighted by atomic mass is 16.5. The maximum atomic E-state index is 12.8. The van der Waals surface area contributed by atoms with Gasteiger partial charge >= 0.3 is 0 Å². The molecule has 0 unspecified atom stereocenters. The quantitative estimate of drug-likeness (QED) is 0.851. The van der Waals surface area contributed by atoms with Gasteiger partial charge in [0.05, 0.1) is 17.9 Å². The van der Waals surface area contributed by atoms with Gasteiger partial charge in [0.1, 0.15) is 0 Å². The predicted octanol–water partition coefficient (Wildman–Crippen LogP) is 1.34. The fourth-order valence-corrected chi connectivity index (χ4v) is 4.40. The van der Waals surface area contributed by atoms with E-state index in [0.29, 0.717) is 24.8 Å². The number of aliphatic hydroxyl groups is 1. The Hall–Kier alpha value is -1.44. The smallest absolute Gasteiger partial charge is 0.292 e. The maximum Gasteiger partial charge on any atom is 0.292 e. The first-order valence-corrected chi connectivity index (χ1v) is 9.78. The number of rotatable bonds is 5. The van der Waals surface area contributed by atoms with Crippen LogP contribution in [0.25, 0.3) is 0 Å². The molecule has 1 aromatic heterocycles. The number of aliphatic hydroxyl groups excluding tert-OH is 1. The van der Waals surface area contributed by atoms with Crippen molar-refractivity contribution < 1.29 is 19.2 Å². The Bertz CT molecular complexity index is 634. The summed E-state index contributed by atoms with van der Waals surface area (Å²) in [6.07, 6.45) is 2.71. The lowest BCUT2D eigenvalue weighted by atomic mass is 9.96. The Kier molecular flexibility index (Phi) is 5.03. The van der Waals surface area contributed by atoms with Gasteiger partial charge in [0.25, 0.3) is 5.91 Å². The highest BCUT2D eigenvalue weighted by molar-refractivity contribution is 5.91. The number of likely N-dealkylation sites (tertiary alicyclic amines) is 1. The molecule has 144 valence electrons. The summed E-state index contributed by atoms with van der Waals surface area (Å²) in [6, 6.07) is 1.80. The molecule has 3 heterocycles. The molecule has 2 aliphatic heterocycles. The molecule has 0 aromatic carbocycles. The van der Waals surface area contributed by atoms with E-state index in [0.717, 1.165) is 38.2 Å². The molecule has 1 N–H and O–H groups in total. The van der Waals surface area contributed by atoms with Crippen molar-refractivity contribution in [3.63, 3.8) is 0 Å². The lowest BCUT2D eigenvalue weighted by Crippen LogP contribution is -2.48. The van der Waals surface area contributed by atoms with Crippen LogP contribution in [0.5, 0.6) is 0 Å². The van der Waals surface area contributed by atoms with Crippen molar-refractivity contribution in [1.82, 2.24) is 15.0 Å². The number of carbonyl (C=O) groups is 1. The normalized spacial score (nSPS) is 33.0. The zero-order valence-corrected chi connectivity index (χ0v) is 15.6. The first kappa shape index (κ1) is 17.9. The van der Waals surface area contributed by atoms with Crippen LogP contribution in [-0.4, -0.2) is 77.5 Å². The second-order valence-corrected chi connectivity index (χ2v) is 8.28. The molecule has 1 amide bonds. The Morgan fingerprint density at radius 3 is 2.54 bits per heavy atom. The van der Waals surface area contributed by atoms with E-state index in [9.17, 15) is 9.90 Å². The molecule has 0 bridgehead atoms. The minimum atomic E-state index is -0.103. The number of hydrogen-bond acceptors (Lipinski definition) is 6. The van der Waals surface area contributed by atoms with Gasteiger partial charge in [-0.2, -0.15) is 0 Å². The Labute approximate surface area is 154 Å². The van der Waals surface area contributed by atoms with Crippen LogP contribution in [0.1, 0.15) is 48.9 Å². The van der Waals surface area contributed by atoms with Gasteiger partial charge in [-0.25, -0.2) is 0 Å². The van der Waals surface area contributed by atoms with Gasteiger partial charge in [-0.1, -0.05) is 5.16 Å². The lowest BCUT2D eigenvalue weighted by Gasteiger charge is -2.37. The summed E-state index contributed by atoms with van der Waals surface area (Å²) in [5.74, 6) is 1.08. The summed E-state index contributed by atoms with van der Waals surface area (Å²) in [6.45, 7) is 8.22. The monoisotopic (exact) mass is 363 g/mol. The van der Waals surface area contributed by atoms with E-state index < -0.39 is 0 Å². The third kappa shape index (κ3) is 3.80. The molecule has 3 aliphatic rings. The molecule has 1 aromatic rings. The molecular formula is C19H29N3O4. The molecule has 1 aliphatic carbocycles. The van der Waals surface area contributed by atoms with E-state index in [1.807, 2.05) is 4.90 Å². The molecule has 7 nitrogen and oxygen atoms in total. The number of morpholine rings is 1. The van der Waals surface area contributed by atoms with Gasteiger partial charge in [-0.05, 0) is 32.6 Å². The van der Waals surface area contributed by atoms with Crippen molar-refractivity contribution in [2.24, 2.45) is 11.8 Å². The molecular weight excluding hydrogens is 334 g/mol. The van der Waals surface area contributed by atoms with Crippen molar-refractivity contribution in [2.75, 3.05) is 39.3 Å². The van der Waals surface area contributed by atoms with E-state index in [-0.39, 0.29) is 36.6 Å². The largest absolute Gasteiger partial charge is 0.396 e. The van der Waals surface area contributed by atoms with Gasteiger partial charge < -0.3 is 19.3 Å². The van der Waals surface area contributed by atoms with Crippen molar-refractivity contribution >= 4 is 5.91 Å². The second kappa shape index (κ2) is 7.29. The average Bonchev–Trinajstić information content (AvgIpc) is 3.18. The van der Waals surface area contributed by atoms with Gasteiger partial charge in [0, 0.05) is 57.2 Å². The van der Waals surface area contributed by atoms with Crippen LogP contribution in [0.15, 0.2) is 10.6 Å². The van der Waals surface area contributed by atoms with Crippen molar-refractivity contribution in [3.8, 4) is 0 Å². The Morgan fingerprint density at radius 2 is 1.88 bits per heavy atom. The highest BCUT2D eigenvalue weighted by Gasteiger charge is 2.38. The minimum Gasteiger partial charge on any atom is -0.396 e. The molecule has 1 saturated carbocycles. The number of ether oxygens (including phenoxy) is 1. The van der Waals surface area contributed by atoms with Crippen molar-refractivity contribution in [1.29, 1.82) is 0 Å². The summed E-state index contributed by atoms with van der Waals surface area (Å²) < 4.78 is 11.1. The second-order valence-electron chi connectivity index (χ2n) is 8.28. The Balaban J connectivity index is 1.38. The molecule has 2 saturated heterocycles. The van der Waals surface area contributed by atoms with E-state index >= 15 is 0 Å². The van der Waals surface area contributed by atoms with Gasteiger partial charge in [-0.15, -0.1) is 0 Å². The van der Waals surface area contributed by atoms with Crippen LogP contribution >= 0.6 is 0 Å². The number of aromatic nitrogens is 1. The van der Waals surface area contributed by atoms with Gasteiger partial charge in [0.15, 0.2) is 0 Å². The summed E-state index contributed by atoms with van der Waals surface area (Å²) in [7, 11) is 0. The number of hydrogen-bond donors (Lipinski definition) is 1. The lowest BCUT2D eigenvalue weighted by molar-refractivity contribution is -0.0726. The third-order valence-corrected chi connectivity index (χ3v) is 5.82. The van der Waals surface area contributed by atoms with E-state index in [1.54, 1.807) is 6.07 Å². The number of amides is 1. The average molecular weight is 363 g/mol. The van der Waals surface area contributed by atoms with Crippen LogP contribution in [0, 0.1) is 11.8 Å². The van der Waals surface area contributed by atoms with Crippen LogP contribution in [0.3, 0.4) is 0 Å². The standard InChI is InChI=1S/C19H29N3O4/c1-12-6-21(7-13(2)25-12)8-15-9-22(10-16(15)11-23)19(24)18-5-17(20-26-18)14-3-4-14/h5,12-16,23H,3-4,6-11H2,1-2H3/t12-,13+,15-,16-/m0/s1. The molecule has 4 atom stereocenters. The maximum absolute atomic E-state index is 12.8. The van der Waals surface area contributed by atoms with Crippen LogP contribution in [-0.2, 0) is 4.74 Å². The SMILES string of the molecule is C[C@@H]1CN(C[C@H]2CN(C(=O)c3cc(C4CC4)no3)C[C@H]2CO)C[C@H](C)O1. The highest BCUT2D eigenvalue weighted by Crippen LogP contribution is 2.39. The topological polar surface area (TPSA) is 79.0 Å². The molecule has 4 rings (SSSR count). The van der Waals surface area contributed by atoms with Gasteiger partial charge in [-0.3, -0.25) is 9.69 Å². The van der Waals surface area contributed by atoms with Crippen molar-refractivity contribution in [3.05, 3.63) is 17.5 Å². The number of carbonyl (C=O) groups excluding carboxylic acids is 1. The van der Waals surface area contributed by atoms with Crippen LogP contribution < -0.4 is 0 Å². The fraction of sp³-hybridized carbons (Fsp3) is 0.789. The zero-order chi connectivity index (χ0) is 18.3. The van der Waals surface area contributed by atoms with Gasteiger partial charge in [0.2, 0.25) is 5.76 Å². The summed E-state index contributed by atoms with van der Waals surface area (Å²) in [4.78, 5) is 17.0. The number of nitrogens with zero attached hydrogens (tertiary/aromatic N) is 3. The van der Waals surface area contributed by atoms with Crippen molar-refractivity contribution in [2.45, 2.75) is 44.8 Å². The van der Waals surface area contributed by atoms with E-state index in [1.165, 1.54) is 0 Å². The molecule has 3 fully saturated rings. The summed E-state index contributed by atoms with van der Waals surface area (Å²) >= 11 is 0. The van der Waals surface area contributed by atoms with E-state index in [4.69, 9.17) is 9.26 Å². The molecule has 26 heavy (non-hydrogen) atoms. The minimum absolute atomic E-state index is 0.103. The molecule has 0 radical (unpaired) electrons. The zero-order valence-electron chi connectivity index (χ0n) is 15.6. The van der Waals surface area contributed by atoms with E-state index in [2.05, 4.69) is 23.9 Å². The first-order valence-electron chi connectivity index (χ1n) is 9.78. The summed E-state index contributed by atoms with van der Waals surface area (Å²) in [5.41, 5.74) is 0.902. The predicted molar refractivity (Wildman–Crippen MR) is 94.9 cm³/mol. The third-order valence-electron chi connectivity index (χ3n) is 5.82. The van der Waals surface area contributed by atoms with Crippen LogP contribution in [0.4, 0.5) is 0 Å². The summed E-state index contributed by atoms with van der Waals surface area (Å²) in [5, 5.41) is 13.9. The molecule has 0 spiro atoms. The fourth-order valence-electron chi connectivity index (χ4n) is 4.40. The Morgan fingerprint density at radius 1 is 1.19 bits per heavy atom. The first-order chi connectivity index (χ1) is 12.5. The molecule has 7 heteroatoms.